The highest BCUT2D eigenvalue weighted by molar-refractivity contribution is 5.87. The van der Waals surface area contributed by atoms with Gasteiger partial charge in [-0.2, -0.15) is 0 Å². The molecule has 3 rings (SSSR count). The number of hydrogen-bond acceptors (Lipinski definition) is 3. The highest BCUT2D eigenvalue weighted by Gasteiger charge is 2.47. The first-order valence-corrected chi connectivity index (χ1v) is 8.46. The average molecular weight is 332 g/mol. The number of likely N-dealkylation sites (tertiary alicyclic amines) is 1. The summed E-state index contributed by atoms with van der Waals surface area (Å²) in [5, 5.41) is 11.9. The first kappa shape index (κ1) is 16.8. The Morgan fingerprint density at radius 2 is 1.92 bits per heavy atom. The minimum atomic E-state index is -0.946. The van der Waals surface area contributed by atoms with E-state index in [-0.39, 0.29) is 23.1 Å². The predicted molar refractivity (Wildman–Crippen MR) is 88.9 cm³/mol. The zero-order valence-electron chi connectivity index (χ0n) is 14.0. The van der Waals surface area contributed by atoms with Crippen LogP contribution >= 0.6 is 0 Å². The smallest absolute Gasteiger partial charge is 0.335 e. The first-order chi connectivity index (χ1) is 11.5. The maximum absolute atomic E-state index is 12.5. The van der Waals surface area contributed by atoms with Gasteiger partial charge in [-0.25, -0.2) is 9.59 Å². The van der Waals surface area contributed by atoms with E-state index in [1.165, 1.54) is 0 Å². The fourth-order valence-electron chi connectivity index (χ4n) is 3.84. The summed E-state index contributed by atoms with van der Waals surface area (Å²) in [4.78, 5) is 25.3. The molecule has 1 atom stereocenters. The fourth-order valence-corrected chi connectivity index (χ4v) is 3.84. The van der Waals surface area contributed by atoms with E-state index in [1.807, 2.05) is 4.90 Å². The quantitative estimate of drug-likeness (QED) is 0.891. The van der Waals surface area contributed by atoms with Crippen LogP contribution in [0.2, 0.25) is 0 Å². The van der Waals surface area contributed by atoms with Crippen molar-refractivity contribution in [1.29, 1.82) is 0 Å². The van der Waals surface area contributed by atoms with E-state index in [0.29, 0.717) is 6.54 Å². The van der Waals surface area contributed by atoms with Crippen molar-refractivity contribution in [2.24, 2.45) is 5.41 Å². The van der Waals surface area contributed by atoms with Crippen LogP contribution in [0.5, 0.6) is 0 Å². The summed E-state index contributed by atoms with van der Waals surface area (Å²) in [6.45, 7) is 4.90. The lowest BCUT2D eigenvalue weighted by molar-refractivity contribution is 0.00290. The van der Waals surface area contributed by atoms with E-state index in [9.17, 15) is 9.59 Å². The molecule has 24 heavy (non-hydrogen) atoms. The number of amides is 2. The summed E-state index contributed by atoms with van der Waals surface area (Å²) in [7, 11) is 0. The van der Waals surface area contributed by atoms with Crippen molar-refractivity contribution in [3.05, 3.63) is 35.4 Å². The molecule has 2 amide bonds. The van der Waals surface area contributed by atoms with Crippen molar-refractivity contribution in [3.63, 3.8) is 0 Å². The first-order valence-electron chi connectivity index (χ1n) is 8.46. The number of carbonyl (C=O) groups excluding carboxylic acids is 1. The molecule has 6 heteroatoms. The lowest BCUT2D eigenvalue weighted by Gasteiger charge is -2.38. The third-order valence-corrected chi connectivity index (χ3v) is 5.60. The number of aromatic carboxylic acids is 1. The maximum Gasteiger partial charge on any atom is 0.335 e. The molecule has 2 heterocycles. The normalized spacial score (nSPS) is 22.5. The van der Waals surface area contributed by atoms with Crippen molar-refractivity contribution in [2.45, 2.75) is 38.8 Å². The number of rotatable bonds is 3. The largest absolute Gasteiger partial charge is 0.478 e. The molecule has 1 aromatic carbocycles. The minimum Gasteiger partial charge on any atom is -0.478 e. The molecule has 130 valence electrons. The van der Waals surface area contributed by atoms with Gasteiger partial charge in [-0.15, -0.1) is 0 Å². The molecule has 1 spiro atoms. The van der Waals surface area contributed by atoms with Crippen molar-refractivity contribution >= 4 is 12.0 Å². The van der Waals surface area contributed by atoms with Crippen LogP contribution in [-0.2, 0) is 11.3 Å². The van der Waals surface area contributed by atoms with E-state index in [1.54, 1.807) is 24.3 Å². The van der Waals surface area contributed by atoms with Crippen LogP contribution < -0.4 is 5.32 Å². The van der Waals surface area contributed by atoms with Crippen LogP contribution in [0.15, 0.2) is 24.3 Å². The Hall–Kier alpha value is -2.08. The number of hydrogen-bond donors (Lipinski definition) is 2. The summed E-state index contributed by atoms with van der Waals surface area (Å²) < 4.78 is 5.47. The number of benzene rings is 1. The Kier molecular flexibility index (Phi) is 4.76. The van der Waals surface area contributed by atoms with Gasteiger partial charge >= 0.3 is 12.0 Å². The minimum absolute atomic E-state index is 0.0480. The molecule has 2 N–H and O–H groups in total. The van der Waals surface area contributed by atoms with Gasteiger partial charge in [-0.05, 0) is 49.3 Å². The summed E-state index contributed by atoms with van der Waals surface area (Å²) in [6.07, 6.45) is 3.08. The highest BCUT2D eigenvalue weighted by Crippen LogP contribution is 2.44. The Labute approximate surface area is 141 Å². The lowest BCUT2D eigenvalue weighted by Crippen LogP contribution is -2.46. The van der Waals surface area contributed by atoms with Crippen LogP contribution in [-0.4, -0.2) is 47.8 Å². The van der Waals surface area contributed by atoms with Crippen LogP contribution in [0, 0.1) is 5.41 Å². The molecular weight excluding hydrogens is 308 g/mol. The summed E-state index contributed by atoms with van der Waals surface area (Å²) in [5.41, 5.74) is 1.35. The third kappa shape index (κ3) is 3.24. The second-order valence-corrected chi connectivity index (χ2v) is 6.75. The topological polar surface area (TPSA) is 78.9 Å². The zero-order valence-corrected chi connectivity index (χ0v) is 14.0. The zero-order chi connectivity index (χ0) is 17.2. The SMILES string of the molecule is CC1N(C(=O)NCc2ccc(C(=O)O)cc2)CCC12CCOCC2. The third-order valence-electron chi connectivity index (χ3n) is 5.60. The molecule has 0 aliphatic carbocycles. The molecule has 0 saturated carbocycles. The van der Waals surface area contributed by atoms with Gasteiger partial charge in [-0.1, -0.05) is 12.1 Å². The molecular formula is C18H24N2O4. The number of carboxylic acids is 1. The van der Waals surface area contributed by atoms with E-state index < -0.39 is 5.97 Å². The molecule has 2 fully saturated rings. The second kappa shape index (κ2) is 6.81. The molecule has 2 saturated heterocycles. The standard InChI is InChI=1S/C18H24N2O4/c1-13-18(7-10-24-11-8-18)6-9-20(13)17(23)19-12-14-2-4-15(5-3-14)16(21)22/h2-5,13H,6-12H2,1H3,(H,19,23)(H,21,22). The lowest BCUT2D eigenvalue weighted by atomic mass is 9.74. The van der Waals surface area contributed by atoms with Crippen molar-refractivity contribution in [1.82, 2.24) is 10.2 Å². The van der Waals surface area contributed by atoms with Crippen molar-refractivity contribution < 1.29 is 19.4 Å². The molecule has 2 aliphatic heterocycles. The molecule has 1 aromatic rings. The Morgan fingerprint density at radius 3 is 2.54 bits per heavy atom. The molecule has 2 aliphatic rings. The summed E-state index contributed by atoms with van der Waals surface area (Å²) in [5.74, 6) is -0.946. The van der Waals surface area contributed by atoms with Crippen molar-refractivity contribution in [2.75, 3.05) is 19.8 Å². The van der Waals surface area contributed by atoms with Crippen molar-refractivity contribution in [3.8, 4) is 0 Å². The summed E-state index contributed by atoms with van der Waals surface area (Å²) >= 11 is 0. The number of urea groups is 1. The Balaban J connectivity index is 1.56. The second-order valence-electron chi connectivity index (χ2n) is 6.75. The number of carbonyl (C=O) groups is 2. The molecule has 0 bridgehead atoms. The van der Waals surface area contributed by atoms with E-state index in [4.69, 9.17) is 9.84 Å². The maximum atomic E-state index is 12.5. The predicted octanol–water partition coefficient (Wildman–Crippen LogP) is 2.49. The van der Waals surface area contributed by atoms with Gasteiger partial charge in [0.25, 0.3) is 0 Å². The number of nitrogens with zero attached hydrogens (tertiary/aromatic N) is 1. The van der Waals surface area contributed by atoms with Gasteiger partial charge in [0.2, 0.25) is 0 Å². The molecule has 0 aromatic heterocycles. The molecule has 1 unspecified atom stereocenters. The van der Waals surface area contributed by atoms with E-state index in [0.717, 1.165) is 44.6 Å². The van der Waals surface area contributed by atoms with Crippen LogP contribution in [0.4, 0.5) is 4.79 Å². The average Bonchev–Trinajstić information content (AvgIpc) is 2.90. The fraction of sp³-hybridized carbons (Fsp3) is 0.556. The molecule has 6 nitrogen and oxygen atoms in total. The number of ether oxygens (including phenoxy) is 1. The Morgan fingerprint density at radius 1 is 1.25 bits per heavy atom. The van der Waals surface area contributed by atoms with Gasteiger partial charge < -0.3 is 20.1 Å². The number of carboxylic acid groups (broad SMARTS) is 1. The van der Waals surface area contributed by atoms with Gasteiger partial charge in [0.15, 0.2) is 0 Å². The van der Waals surface area contributed by atoms with Gasteiger partial charge in [0, 0.05) is 32.3 Å². The highest BCUT2D eigenvalue weighted by atomic mass is 16.5. The monoisotopic (exact) mass is 332 g/mol. The van der Waals surface area contributed by atoms with Crippen LogP contribution in [0.1, 0.15) is 42.1 Å². The van der Waals surface area contributed by atoms with Crippen LogP contribution in [0.3, 0.4) is 0 Å². The van der Waals surface area contributed by atoms with E-state index in [2.05, 4.69) is 12.2 Å². The van der Waals surface area contributed by atoms with Gasteiger partial charge in [-0.3, -0.25) is 0 Å². The van der Waals surface area contributed by atoms with Gasteiger partial charge in [0.1, 0.15) is 0 Å². The molecule has 0 radical (unpaired) electrons. The Bertz CT molecular complexity index is 608. The summed E-state index contributed by atoms with van der Waals surface area (Å²) in [6, 6.07) is 6.75. The van der Waals surface area contributed by atoms with Crippen LogP contribution in [0.25, 0.3) is 0 Å². The number of nitrogens with one attached hydrogen (secondary N) is 1. The van der Waals surface area contributed by atoms with E-state index >= 15 is 0 Å². The van der Waals surface area contributed by atoms with Gasteiger partial charge in [0.05, 0.1) is 5.56 Å².